The molecule has 1 saturated heterocycles. The molecule has 0 saturated carbocycles. The highest BCUT2D eigenvalue weighted by atomic mass is 32.2. The van der Waals surface area contributed by atoms with Gasteiger partial charge in [0.05, 0.1) is 4.90 Å². The molecule has 178 valence electrons. The minimum atomic E-state index is -3.76. The summed E-state index contributed by atoms with van der Waals surface area (Å²) in [7, 11) is -3.76. The Labute approximate surface area is 196 Å². The molecule has 0 bridgehead atoms. The lowest BCUT2D eigenvalue weighted by atomic mass is 9.87. The maximum Gasteiger partial charge on any atom is 0.251 e. The lowest BCUT2D eigenvalue weighted by Crippen LogP contribution is -2.46. The van der Waals surface area contributed by atoms with Crippen LogP contribution in [0, 0.1) is 0 Å². The van der Waals surface area contributed by atoms with Crippen LogP contribution in [0.25, 0.3) is 0 Å². The summed E-state index contributed by atoms with van der Waals surface area (Å²) in [6, 6.07) is 15.1. The van der Waals surface area contributed by atoms with Crippen molar-refractivity contribution in [2.24, 2.45) is 0 Å². The molecule has 0 radical (unpaired) electrons. The zero-order valence-electron chi connectivity index (χ0n) is 19.5. The SMILES string of the molecule is CC(C)(C)c1ccc(S(=O)(=O)N2CCC[C@H]2C(=O)NCCCNC(=O)c2ccccc2)cc1. The Bertz CT molecular complexity index is 1060. The van der Waals surface area contributed by atoms with Gasteiger partial charge in [-0.05, 0) is 54.5 Å². The molecule has 1 heterocycles. The van der Waals surface area contributed by atoms with Crippen LogP contribution in [0.2, 0.25) is 0 Å². The summed E-state index contributed by atoms with van der Waals surface area (Å²) in [4.78, 5) is 25.0. The normalized spacial score (nSPS) is 17.0. The van der Waals surface area contributed by atoms with Crippen molar-refractivity contribution in [2.75, 3.05) is 19.6 Å². The van der Waals surface area contributed by atoms with Crippen LogP contribution in [0.1, 0.15) is 56.0 Å². The smallest absolute Gasteiger partial charge is 0.251 e. The van der Waals surface area contributed by atoms with Gasteiger partial charge in [0, 0.05) is 25.2 Å². The Morgan fingerprint density at radius 3 is 2.24 bits per heavy atom. The average Bonchev–Trinajstić information content (AvgIpc) is 3.30. The van der Waals surface area contributed by atoms with Crippen molar-refractivity contribution in [1.29, 1.82) is 0 Å². The van der Waals surface area contributed by atoms with Gasteiger partial charge in [-0.1, -0.05) is 51.1 Å². The number of amides is 2. The third-order valence-electron chi connectivity index (χ3n) is 5.81. The minimum absolute atomic E-state index is 0.0705. The van der Waals surface area contributed by atoms with E-state index >= 15 is 0 Å². The van der Waals surface area contributed by atoms with E-state index in [1.807, 2.05) is 18.2 Å². The lowest BCUT2D eigenvalue weighted by Gasteiger charge is -2.24. The maximum atomic E-state index is 13.2. The molecule has 0 unspecified atom stereocenters. The van der Waals surface area contributed by atoms with E-state index in [4.69, 9.17) is 0 Å². The first-order valence-corrected chi connectivity index (χ1v) is 12.8. The topological polar surface area (TPSA) is 95.6 Å². The van der Waals surface area contributed by atoms with Crippen LogP contribution in [0.4, 0.5) is 0 Å². The van der Waals surface area contributed by atoms with E-state index in [0.717, 1.165) is 5.56 Å². The van der Waals surface area contributed by atoms with Gasteiger partial charge in [0.2, 0.25) is 15.9 Å². The first kappa shape index (κ1) is 24.9. The first-order chi connectivity index (χ1) is 15.6. The molecule has 0 aliphatic carbocycles. The number of carbonyl (C=O) groups excluding carboxylic acids is 2. The van der Waals surface area contributed by atoms with Gasteiger partial charge in [-0.15, -0.1) is 0 Å². The van der Waals surface area contributed by atoms with Crippen molar-refractivity contribution in [3.63, 3.8) is 0 Å². The molecule has 7 nitrogen and oxygen atoms in total. The van der Waals surface area contributed by atoms with E-state index in [1.165, 1.54) is 4.31 Å². The van der Waals surface area contributed by atoms with Crippen molar-refractivity contribution < 1.29 is 18.0 Å². The maximum absolute atomic E-state index is 13.2. The summed E-state index contributed by atoms with van der Waals surface area (Å²) < 4.78 is 27.7. The molecule has 2 N–H and O–H groups in total. The number of carbonyl (C=O) groups is 2. The zero-order valence-corrected chi connectivity index (χ0v) is 20.3. The molecular formula is C25H33N3O4S. The summed E-state index contributed by atoms with van der Waals surface area (Å²) in [5.74, 6) is -0.454. The fourth-order valence-corrected chi connectivity index (χ4v) is 5.52. The number of hydrogen-bond acceptors (Lipinski definition) is 4. The third kappa shape index (κ3) is 6.21. The van der Waals surface area contributed by atoms with Gasteiger partial charge >= 0.3 is 0 Å². The molecular weight excluding hydrogens is 438 g/mol. The first-order valence-electron chi connectivity index (χ1n) is 11.3. The second-order valence-corrected chi connectivity index (χ2v) is 11.2. The molecule has 2 amide bonds. The molecule has 2 aromatic carbocycles. The Hall–Kier alpha value is -2.71. The van der Waals surface area contributed by atoms with Crippen molar-refractivity contribution in [2.45, 2.75) is 56.4 Å². The molecule has 1 aliphatic heterocycles. The lowest BCUT2D eigenvalue weighted by molar-refractivity contribution is -0.124. The van der Waals surface area contributed by atoms with E-state index in [0.29, 0.717) is 44.5 Å². The Balaban J connectivity index is 1.52. The van der Waals surface area contributed by atoms with Crippen LogP contribution in [0.15, 0.2) is 59.5 Å². The van der Waals surface area contributed by atoms with Gasteiger partial charge in [-0.2, -0.15) is 4.31 Å². The molecule has 3 rings (SSSR count). The number of hydrogen-bond donors (Lipinski definition) is 2. The zero-order chi connectivity index (χ0) is 24.1. The average molecular weight is 472 g/mol. The molecule has 1 fully saturated rings. The third-order valence-corrected chi connectivity index (χ3v) is 7.73. The van der Waals surface area contributed by atoms with E-state index < -0.39 is 16.1 Å². The van der Waals surface area contributed by atoms with Crippen LogP contribution in [0.3, 0.4) is 0 Å². The second-order valence-electron chi connectivity index (χ2n) is 9.31. The standard InChI is InChI=1S/C25H33N3O4S/c1-25(2,3)20-12-14-21(15-13-20)33(31,32)28-18-7-11-22(28)24(30)27-17-8-16-26-23(29)19-9-5-4-6-10-19/h4-6,9-10,12-15,22H,7-8,11,16-18H2,1-3H3,(H,26,29)(H,27,30)/t22-/m0/s1. The fourth-order valence-electron chi connectivity index (χ4n) is 3.86. The molecule has 33 heavy (non-hydrogen) atoms. The molecule has 8 heteroatoms. The van der Waals surface area contributed by atoms with E-state index in [1.54, 1.807) is 36.4 Å². The molecule has 1 aliphatic rings. The summed E-state index contributed by atoms with van der Waals surface area (Å²) in [5.41, 5.74) is 1.57. The molecule has 0 spiro atoms. The van der Waals surface area contributed by atoms with Gasteiger partial charge in [0.15, 0.2) is 0 Å². The van der Waals surface area contributed by atoms with Gasteiger partial charge in [0.1, 0.15) is 6.04 Å². The summed E-state index contributed by atoms with van der Waals surface area (Å²) >= 11 is 0. The monoisotopic (exact) mass is 471 g/mol. The Kier molecular flexibility index (Phi) is 7.92. The van der Waals surface area contributed by atoms with Crippen LogP contribution in [-0.4, -0.2) is 50.2 Å². The summed E-state index contributed by atoms with van der Waals surface area (Å²) in [6.07, 6.45) is 1.69. The van der Waals surface area contributed by atoms with Crippen LogP contribution < -0.4 is 10.6 Å². The van der Waals surface area contributed by atoms with E-state index in [2.05, 4.69) is 31.4 Å². The van der Waals surface area contributed by atoms with Gasteiger partial charge in [-0.25, -0.2) is 8.42 Å². The summed E-state index contributed by atoms with van der Waals surface area (Å²) in [5, 5.41) is 5.64. The van der Waals surface area contributed by atoms with Gasteiger partial charge in [0.25, 0.3) is 5.91 Å². The number of sulfonamides is 1. The molecule has 0 aromatic heterocycles. The fraction of sp³-hybridized carbons (Fsp3) is 0.440. The summed E-state index contributed by atoms with van der Waals surface area (Å²) in [6.45, 7) is 7.33. The minimum Gasteiger partial charge on any atom is -0.355 e. The Morgan fingerprint density at radius 2 is 1.61 bits per heavy atom. The van der Waals surface area contributed by atoms with Crippen LogP contribution in [0.5, 0.6) is 0 Å². The predicted octanol–water partition coefficient (Wildman–Crippen LogP) is 3.07. The van der Waals surface area contributed by atoms with Crippen LogP contribution >= 0.6 is 0 Å². The largest absolute Gasteiger partial charge is 0.355 e. The second kappa shape index (κ2) is 10.5. The number of nitrogens with zero attached hydrogens (tertiary/aromatic N) is 1. The highest BCUT2D eigenvalue weighted by Crippen LogP contribution is 2.28. The highest BCUT2D eigenvalue weighted by molar-refractivity contribution is 7.89. The van der Waals surface area contributed by atoms with Crippen molar-refractivity contribution in [3.05, 3.63) is 65.7 Å². The van der Waals surface area contributed by atoms with E-state index in [-0.39, 0.29) is 22.1 Å². The number of rotatable bonds is 8. The number of benzene rings is 2. The van der Waals surface area contributed by atoms with E-state index in [9.17, 15) is 18.0 Å². The highest BCUT2D eigenvalue weighted by Gasteiger charge is 2.39. The Morgan fingerprint density at radius 1 is 0.970 bits per heavy atom. The predicted molar refractivity (Wildman–Crippen MR) is 128 cm³/mol. The number of nitrogens with one attached hydrogen (secondary N) is 2. The van der Waals surface area contributed by atoms with Crippen molar-refractivity contribution in [1.82, 2.24) is 14.9 Å². The molecule has 2 aromatic rings. The van der Waals surface area contributed by atoms with Crippen LogP contribution in [-0.2, 0) is 20.2 Å². The quantitative estimate of drug-likeness (QED) is 0.579. The van der Waals surface area contributed by atoms with Gasteiger partial charge < -0.3 is 10.6 Å². The van der Waals surface area contributed by atoms with Crippen molar-refractivity contribution >= 4 is 21.8 Å². The molecule has 1 atom stereocenters. The van der Waals surface area contributed by atoms with Gasteiger partial charge in [-0.3, -0.25) is 9.59 Å². The van der Waals surface area contributed by atoms with Crippen molar-refractivity contribution in [3.8, 4) is 0 Å².